The SMILES string of the molecule is Fc1ccc(COc2ccc3ccccc3c2CNC[C@H]2CCCO2)cc1. The van der Waals surface area contributed by atoms with Crippen molar-refractivity contribution in [2.75, 3.05) is 13.2 Å². The Morgan fingerprint density at radius 1 is 1.04 bits per heavy atom. The van der Waals surface area contributed by atoms with Crippen LogP contribution in [0, 0.1) is 5.82 Å². The molecule has 0 amide bonds. The molecule has 3 aromatic rings. The molecule has 1 atom stereocenters. The maximum absolute atomic E-state index is 13.1. The van der Waals surface area contributed by atoms with Crippen LogP contribution >= 0.6 is 0 Å². The molecule has 4 heteroatoms. The molecule has 1 heterocycles. The Morgan fingerprint density at radius 2 is 1.89 bits per heavy atom. The average molecular weight is 365 g/mol. The smallest absolute Gasteiger partial charge is 0.124 e. The van der Waals surface area contributed by atoms with E-state index in [9.17, 15) is 4.39 Å². The molecule has 4 rings (SSSR count). The van der Waals surface area contributed by atoms with Gasteiger partial charge in [-0.25, -0.2) is 4.39 Å². The number of benzene rings is 3. The lowest BCUT2D eigenvalue weighted by Gasteiger charge is -2.16. The molecule has 0 spiro atoms. The third-order valence-electron chi connectivity index (χ3n) is 5.00. The molecule has 1 aliphatic rings. The van der Waals surface area contributed by atoms with Crippen molar-refractivity contribution < 1.29 is 13.9 Å². The van der Waals surface area contributed by atoms with E-state index in [1.165, 1.54) is 22.9 Å². The Labute approximate surface area is 159 Å². The Hall–Kier alpha value is -2.43. The Morgan fingerprint density at radius 3 is 2.70 bits per heavy atom. The molecule has 0 radical (unpaired) electrons. The van der Waals surface area contributed by atoms with Crippen LogP contribution in [0.1, 0.15) is 24.0 Å². The van der Waals surface area contributed by atoms with Gasteiger partial charge in [0.15, 0.2) is 0 Å². The van der Waals surface area contributed by atoms with Crippen molar-refractivity contribution in [2.24, 2.45) is 0 Å². The molecular weight excluding hydrogens is 341 g/mol. The number of rotatable bonds is 7. The third-order valence-corrected chi connectivity index (χ3v) is 5.00. The molecule has 140 valence electrons. The summed E-state index contributed by atoms with van der Waals surface area (Å²) >= 11 is 0. The fourth-order valence-corrected chi connectivity index (χ4v) is 3.54. The van der Waals surface area contributed by atoms with Gasteiger partial charge in [-0.2, -0.15) is 0 Å². The predicted molar refractivity (Wildman–Crippen MR) is 105 cm³/mol. The van der Waals surface area contributed by atoms with E-state index >= 15 is 0 Å². The van der Waals surface area contributed by atoms with E-state index in [-0.39, 0.29) is 5.82 Å². The molecule has 3 nitrogen and oxygen atoms in total. The van der Waals surface area contributed by atoms with Gasteiger partial charge in [-0.1, -0.05) is 42.5 Å². The van der Waals surface area contributed by atoms with Gasteiger partial charge in [-0.15, -0.1) is 0 Å². The number of fused-ring (bicyclic) bond motifs is 1. The fraction of sp³-hybridized carbons (Fsp3) is 0.304. The van der Waals surface area contributed by atoms with Crippen LogP contribution < -0.4 is 10.1 Å². The first kappa shape index (κ1) is 18.0. The Bertz CT molecular complexity index is 889. The van der Waals surface area contributed by atoms with Gasteiger partial charge in [0.25, 0.3) is 0 Å². The zero-order chi connectivity index (χ0) is 18.5. The summed E-state index contributed by atoms with van der Waals surface area (Å²) in [6.07, 6.45) is 2.58. The summed E-state index contributed by atoms with van der Waals surface area (Å²) in [5.74, 6) is 0.626. The number of ether oxygens (including phenoxy) is 2. The van der Waals surface area contributed by atoms with Gasteiger partial charge in [0, 0.05) is 25.3 Å². The number of halogens is 1. The molecule has 3 aromatic carbocycles. The normalized spacial score (nSPS) is 16.7. The summed E-state index contributed by atoms with van der Waals surface area (Å²) in [6.45, 7) is 2.85. The second-order valence-electron chi connectivity index (χ2n) is 6.94. The highest BCUT2D eigenvalue weighted by atomic mass is 19.1. The van der Waals surface area contributed by atoms with E-state index in [1.807, 2.05) is 12.1 Å². The zero-order valence-electron chi connectivity index (χ0n) is 15.3. The molecule has 0 saturated carbocycles. The molecule has 0 aliphatic carbocycles. The van der Waals surface area contributed by atoms with Crippen molar-refractivity contribution in [1.29, 1.82) is 0 Å². The van der Waals surface area contributed by atoms with E-state index in [1.54, 1.807) is 12.1 Å². The van der Waals surface area contributed by atoms with Crippen molar-refractivity contribution >= 4 is 10.8 Å². The first-order valence-corrected chi connectivity index (χ1v) is 9.50. The van der Waals surface area contributed by atoms with Crippen LogP contribution in [-0.2, 0) is 17.9 Å². The van der Waals surface area contributed by atoms with Crippen molar-refractivity contribution in [3.63, 3.8) is 0 Å². The van der Waals surface area contributed by atoms with E-state index in [4.69, 9.17) is 9.47 Å². The van der Waals surface area contributed by atoms with Crippen molar-refractivity contribution in [3.05, 3.63) is 77.6 Å². The van der Waals surface area contributed by atoms with Gasteiger partial charge < -0.3 is 14.8 Å². The van der Waals surface area contributed by atoms with Gasteiger partial charge in [-0.05, 0) is 47.4 Å². The molecular formula is C23H24FNO2. The van der Waals surface area contributed by atoms with Gasteiger partial charge in [0.2, 0.25) is 0 Å². The lowest BCUT2D eigenvalue weighted by molar-refractivity contribution is 0.110. The van der Waals surface area contributed by atoms with E-state index in [0.29, 0.717) is 12.7 Å². The fourth-order valence-electron chi connectivity index (χ4n) is 3.54. The van der Waals surface area contributed by atoms with Crippen LogP contribution in [0.15, 0.2) is 60.7 Å². The maximum atomic E-state index is 13.1. The monoisotopic (exact) mass is 365 g/mol. The highest BCUT2D eigenvalue weighted by molar-refractivity contribution is 5.87. The summed E-state index contributed by atoms with van der Waals surface area (Å²) in [7, 11) is 0. The number of nitrogens with one attached hydrogen (secondary N) is 1. The van der Waals surface area contributed by atoms with Gasteiger partial charge in [0.1, 0.15) is 18.2 Å². The van der Waals surface area contributed by atoms with Gasteiger partial charge in [0.05, 0.1) is 6.10 Å². The van der Waals surface area contributed by atoms with E-state index in [0.717, 1.165) is 49.4 Å². The van der Waals surface area contributed by atoms with E-state index in [2.05, 4.69) is 29.6 Å². The molecule has 0 unspecified atom stereocenters. The van der Waals surface area contributed by atoms with Crippen molar-refractivity contribution in [2.45, 2.75) is 32.1 Å². The average Bonchev–Trinajstić information content (AvgIpc) is 3.22. The molecule has 1 saturated heterocycles. The zero-order valence-corrected chi connectivity index (χ0v) is 15.3. The largest absolute Gasteiger partial charge is 0.489 e. The van der Waals surface area contributed by atoms with Crippen LogP contribution in [0.5, 0.6) is 5.75 Å². The summed E-state index contributed by atoms with van der Waals surface area (Å²) in [5.41, 5.74) is 2.09. The maximum Gasteiger partial charge on any atom is 0.124 e. The Kier molecular flexibility index (Phi) is 5.66. The number of hydrogen-bond donors (Lipinski definition) is 1. The molecule has 1 aliphatic heterocycles. The summed E-state index contributed by atoms with van der Waals surface area (Å²) in [6, 6.07) is 18.9. The Balaban J connectivity index is 1.51. The molecule has 1 N–H and O–H groups in total. The minimum Gasteiger partial charge on any atom is -0.489 e. The molecule has 1 fully saturated rings. The minimum absolute atomic E-state index is 0.233. The second-order valence-corrected chi connectivity index (χ2v) is 6.94. The van der Waals surface area contributed by atoms with Crippen LogP contribution in [0.3, 0.4) is 0 Å². The van der Waals surface area contributed by atoms with Crippen LogP contribution in [-0.4, -0.2) is 19.3 Å². The molecule has 27 heavy (non-hydrogen) atoms. The van der Waals surface area contributed by atoms with Crippen LogP contribution in [0.25, 0.3) is 10.8 Å². The van der Waals surface area contributed by atoms with Gasteiger partial charge >= 0.3 is 0 Å². The number of hydrogen-bond acceptors (Lipinski definition) is 3. The molecule has 0 aromatic heterocycles. The topological polar surface area (TPSA) is 30.5 Å². The second kappa shape index (κ2) is 8.51. The van der Waals surface area contributed by atoms with Crippen molar-refractivity contribution in [3.8, 4) is 5.75 Å². The highest BCUT2D eigenvalue weighted by Crippen LogP contribution is 2.29. The standard InChI is InChI=1S/C23H24FNO2/c24-19-10-7-17(8-11-19)16-27-23-12-9-18-4-1-2-6-21(18)22(23)15-25-14-20-5-3-13-26-20/h1-2,4,6-12,20,25H,3,5,13-16H2/t20-/m1/s1. The van der Waals surface area contributed by atoms with Crippen LogP contribution in [0.4, 0.5) is 4.39 Å². The summed E-state index contributed by atoms with van der Waals surface area (Å²) < 4.78 is 24.9. The lowest BCUT2D eigenvalue weighted by Crippen LogP contribution is -2.26. The van der Waals surface area contributed by atoms with E-state index < -0.39 is 0 Å². The quantitative estimate of drug-likeness (QED) is 0.651. The summed E-state index contributed by atoms with van der Waals surface area (Å²) in [4.78, 5) is 0. The van der Waals surface area contributed by atoms with Gasteiger partial charge in [-0.3, -0.25) is 0 Å². The van der Waals surface area contributed by atoms with Crippen molar-refractivity contribution in [1.82, 2.24) is 5.32 Å². The molecule has 0 bridgehead atoms. The first-order chi connectivity index (χ1) is 13.3. The van der Waals surface area contributed by atoms with Crippen LogP contribution in [0.2, 0.25) is 0 Å². The predicted octanol–water partition coefficient (Wildman–Crippen LogP) is 4.83. The lowest BCUT2D eigenvalue weighted by atomic mass is 10.0. The highest BCUT2D eigenvalue weighted by Gasteiger charge is 2.16. The summed E-state index contributed by atoms with van der Waals surface area (Å²) in [5, 5.41) is 5.91. The first-order valence-electron chi connectivity index (χ1n) is 9.50. The third kappa shape index (κ3) is 4.46. The minimum atomic E-state index is -0.233.